The smallest absolute Gasteiger partial charge is 0.274 e. The molecule has 1 saturated carbocycles. The van der Waals surface area contributed by atoms with Crippen LogP contribution in [0.3, 0.4) is 0 Å². The molecule has 1 amide bonds. The van der Waals surface area contributed by atoms with Gasteiger partial charge in [-0.3, -0.25) is 9.48 Å². The molecule has 1 spiro atoms. The molecule has 3 aliphatic rings. The zero-order valence-electron chi connectivity index (χ0n) is 15.6. The van der Waals surface area contributed by atoms with Crippen molar-refractivity contribution in [2.45, 2.75) is 77.2 Å². The average Bonchev–Trinajstić information content (AvgIpc) is 2.76. The van der Waals surface area contributed by atoms with Crippen molar-refractivity contribution in [3.8, 4) is 0 Å². The van der Waals surface area contributed by atoms with Gasteiger partial charge in [0.2, 0.25) is 0 Å². The molecule has 3 heterocycles. The molecule has 1 aromatic heterocycles. The number of rotatable bonds is 2. The molecular weight excluding hydrogens is 318 g/mol. The lowest BCUT2D eigenvalue weighted by Gasteiger charge is -2.40. The van der Waals surface area contributed by atoms with Crippen LogP contribution in [0.25, 0.3) is 0 Å². The molecule has 2 aliphatic heterocycles. The molecule has 1 saturated heterocycles. The van der Waals surface area contributed by atoms with Gasteiger partial charge in [-0.25, -0.2) is 0 Å². The molecule has 0 bridgehead atoms. The monoisotopic (exact) mass is 347 g/mol. The number of nitrogens with zero attached hydrogens (tertiary/aromatic N) is 3. The van der Waals surface area contributed by atoms with Crippen molar-refractivity contribution in [2.75, 3.05) is 19.7 Å². The van der Waals surface area contributed by atoms with Crippen molar-refractivity contribution < 1.29 is 14.3 Å². The minimum atomic E-state index is -0.0153. The summed E-state index contributed by atoms with van der Waals surface area (Å²) >= 11 is 0. The molecule has 0 radical (unpaired) electrons. The van der Waals surface area contributed by atoms with Crippen LogP contribution in [-0.4, -0.2) is 52.0 Å². The van der Waals surface area contributed by atoms with Gasteiger partial charge in [0, 0.05) is 31.6 Å². The number of amides is 1. The lowest BCUT2D eigenvalue weighted by atomic mass is 9.77. The van der Waals surface area contributed by atoms with Gasteiger partial charge in [-0.1, -0.05) is 0 Å². The summed E-state index contributed by atoms with van der Waals surface area (Å²) in [6, 6.07) is 0. The van der Waals surface area contributed by atoms with E-state index in [9.17, 15) is 4.79 Å². The van der Waals surface area contributed by atoms with Gasteiger partial charge in [0.1, 0.15) is 0 Å². The molecule has 0 N–H and O–H groups in total. The number of fused-ring (bicyclic) bond motifs is 1. The number of aromatic nitrogens is 2. The molecule has 0 aromatic carbocycles. The number of carbonyl (C=O) groups is 1. The summed E-state index contributed by atoms with van der Waals surface area (Å²) in [5, 5.41) is 4.68. The number of hydrogen-bond acceptors (Lipinski definition) is 4. The Hall–Kier alpha value is -1.40. The first-order valence-electron chi connectivity index (χ1n) is 9.71. The van der Waals surface area contributed by atoms with E-state index in [1.54, 1.807) is 0 Å². The Morgan fingerprint density at radius 1 is 1.28 bits per heavy atom. The van der Waals surface area contributed by atoms with Crippen LogP contribution in [0.2, 0.25) is 0 Å². The Labute approximate surface area is 149 Å². The van der Waals surface area contributed by atoms with Crippen molar-refractivity contribution in [1.29, 1.82) is 0 Å². The van der Waals surface area contributed by atoms with Gasteiger partial charge in [0.05, 0.1) is 30.1 Å². The van der Waals surface area contributed by atoms with Crippen molar-refractivity contribution in [3.63, 3.8) is 0 Å². The highest BCUT2D eigenvalue weighted by molar-refractivity contribution is 5.94. The van der Waals surface area contributed by atoms with Crippen molar-refractivity contribution in [1.82, 2.24) is 14.7 Å². The van der Waals surface area contributed by atoms with Gasteiger partial charge in [-0.15, -0.1) is 0 Å². The lowest BCUT2D eigenvalue weighted by molar-refractivity contribution is -0.0929. The van der Waals surface area contributed by atoms with Gasteiger partial charge in [-0.2, -0.15) is 5.10 Å². The van der Waals surface area contributed by atoms with E-state index in [0.717, 1.165) is 50.0 Å². The normalized spacial score (nSPS) is 28.4. The van der Waals surface area contributed by atoms with Crippen LogP contribution in [0, 0.1) is 0 Å². The Morgan fingerprint density at radius 3 is 2.76 bits per heavy atom. The highest BCUT2D eigenvalue weighted by atomic mass is 16.5. The number of aryl methyl sites for hydroxylation is 1. The average molecular weight is 347 g/mol. The predicted octanol–water partition coefficient (Wildman–Crippen LogP) is 2.71. The fourth-order valence-corrected chi connectivity index (χ4v) is 4.54. The Balaban J connectivity index is 1.60. The summed E-state index contributed by atoms with van der Waals surface area (Å²) in [5.74, 6) is 0.0599. The number of ether oxygens (including phenoxy) is 2. The van der Waals surface area contributed by atoms with E-state index in [1.807, 2.05) is 9.58 Å². The molecule has 0 unspecified atom stereocenters. The minimum absolute atomic E-state index is 0.0153. The SMILES string of the molecule is CCn1nc(C(=O)N2CCOC3(CCC3)CC2)c2c1[C@H](C)O[C@H](C)C2. The summed E-state index contributed by atoms with van der Waals surface area (Å²) in [5.41, 5.74) is 2.84. The second kappa shape index (κ2) is 6.40. The standard InChI is InChI=1S/C19H29N3O3/c1-4-22-17-14(3)25-13(2)12-15(17)16(20-22)18(23)21-9-8-19(6-5-7-19)24-11-10-21/h13-14H,4-12H2,1-3H3/t13-,14+/m1/s1. The molecule has 4 rings (SSSR count). The first-order valence-corrected chi connectivity index (χ1v) is 9.71. The topological polar surface area (TPSA) is 56.6 Å². The van der Waals surface area contributed by atoms with Crippen molar-refractivity contribution >= 4 is 5.91 Å². The molecule has 2 fully saturated rings. The van der Waals surface area contributed by atoms with Crippen LogP contribution in [0.1, 0.15) is 74.3 Å². The maximum absolute atomic E-state index is 13.2. The van der Waals surface area contributed by atoms with E-state index < -0.39 is 0 Å². The molecule has 6 heteroatoms. The zero-order valence-corrected chi connectivity index (χ0v) is 15.6. The second-order valence-corrected chi connectivity index (χ2v) is 7.75. The van der Waals surface area contributed by atoms with Crippen LogP contribution in [-0.2, 0) is 22.4 Å². The summed E-state index contributed by atoms with van der Waals surface area (Å²) in [6.07, 6.45) is 5.34. The predicted molar refractivity (Wildman–Crippen MR) is 93.6 cm³/mol. The highest BCUT2D eigenvalue weighted by Crippen LogP contribution is 2.40. The van der Waals surface area contributed by atoms with Crippen molar-refractivity contribution in [3.05, 3.63) is 17.0 Å². The van der Waals surface area contributed by atoms with E-state index in [0.29, 0.717) is 18.8 Å². The third kappa shape index (κ3) is 2.89. The minimum Gasteiger partial charge on any atom is -0.373 e. The summed E-state index contributed by atoms with van der Waals surface area (Å²) in [6.45, 7) is 9.01. The Bertz CT molecular complexity index is 665. The van der Waals surface area contributed by atoms with Gasteiger partial charge < -0.3 is 14.4 Å². The van der Waals surface area contributed by atoms with Gasteiger partial charge in [0.15, 0.2) is 5.69 Å². The molecule has 2 atom stereocenters. The first kappa shape index (κ1) is 17.0. The molecule has 138 valence electrons. The fourth-order valence-electron chi connectivity index (χ4n) is 4.54. The van der Waals surface area contributed by atoms with E-state index in [-0.39, 0.29) is 23.7 Å². The number of carbonyl (C=O) groups excluding carboxylic acids is 1. The third-order valence-electron chi connectivity index (χ3n) is 6.07. The molecule has 6 nitrogen and oxygen atoms in total. The molecular formula is C19H29N3O3. The van der Waals surface area contributed by atoms with E-state index in [4.69, 9.17) is 9.47 Å². The number of hydrogen-bond donors (Lipinski definition) is 0. The summed E-state index contributed by atoms with van der Waals surface area (Å²) in [7, 11) is 0. The van der Waals surface area contributed by atoms with Crippen LogP contribution in [0.4, 0.5) is 0 Å². The Morgan fingerprint density at radius 2 is 2.08 bits per heavy atom. The first-order chi connectivity index (χ1) is 12.0. The van der Waals surface area contributed by atoms with E-state index >= 15 is 0 Å². The van der Waals surface area contributed by atoms with Crippen LogP contribution < -0.4 is 0 Å². The molecule has 1 aromatic rings. The summed E-state index contributed by atoms with van der Waals surface area (Å²) < 4.78 is 14.0. The maximum Gasteiger partial charge on any atom is 0.274 e. The largest absolute Gasteiger partial charge is 0.373 e. The van der Waals surface area contributed by atoms with Crippen LogP contribution in [0.5, 0.6) is 0 Å². The quantitative estimate of drug-likeness (QED) is 0.825. The van der Waals surface area contributed by atoms with Gasteiger partial charge >= 0.3 is 0 Å². The highest BCUT2D eigenvalue weighted by Gasteiger charge is 2.41. The van der Waals surface area contributed by atoms with Gasteiger partial charge in [0.25, 0.3) is 5.91 Å². The van der Waals surface area contributed by atoms with E-state index in [1.165, 1.54) is 6.42 Å². The summed E-state index contributed by atoms with van der Waals surface area (Å²) in [4.78, 5) is 15.2. The third-order valence-corrected chi connectivity index (χ3v) is 6.07. The zero-order chi connectivity index (χ0) is 17.6. The van der Waals surface area contributed by atoms with Crippen LogP contribution in [0.15, 0.2) is 0 Å². The van der Waals surface area contributed by atoms with Crippen LogP contribution >= 0.6 is 0 Å². The second-order valence-electron chi connectivity index (χ2n) is 7.75. The Kier molecular flexibility index (Phi) is 4.36. The maximum atomic E-state index is 13.2. The molecule has 25 heavy (non-hydrogen) atoms. The fraction of sp³-hybridized carbons (Fsp3) is 0.789. The molecule has 1 aliphatic carbocycles. The lowest BCUT2D eigenvalue weighted by Crippen LogP contribution is -2.40. The van der Waals surface area contributed by atoms with Crippen molar-refractivity contribution in [2.24, 2.45) is 0 Å². The van der Waals surface area contributed by atoms with Gasteiger partial charge in [-0.05, 0) is 46.5 Å². The van der Waals surface area contributed by atoms with E-state index in [2.05, 4.69) is 25.9 Å².